The first-order valence-electron chi connectivity index (χ1n) is 9.16. The summed E-state index contributed by atoms with van der Waals surface area (Å²) in [5.41, 5.74) is 4.78. The summed E-state index contributed by atoms with van der Waals surface area (Å²) in [6.07, 6.45) is 0. The first-order valence-corrected chi connectivity index (χ1v) is 10.7. The lowest BCUT2D eigenvalue weighted by Crippen LogP contribution is -1.86. The van der Waals surface area contributed by atoms with Crippen molar-refractivity contribution in [3.05, 3.63) is 106 Å². The predicted molar refractivity (Wildman–Crippen MR) is 128 cm³/mol. The van der Waals surface area contributed by atoms with E-state index >= 15 is 0 Å². The van der Waals surface area contributed by atoms with Gasteiger partial charge in [-0.25, -0.2) is 0 Å². The molecule has 0 aliphatic rings. The topological polar surface area (TPSA) is 0 Å². The fourth-order valence-electron chi connectivity index (χ4n) is 3.70. The van der Waals surface area contributed by atoms with Gasteiger partial charge in [-0.1, -0.05) is 105 Å². The molecule has 0 saturated heterocycles. The third kappa shape index (κ3) is 3.17. The summed E-state index contributed by atoms with van der Waals surface area (Å²) >= 11 is 7.62. The Hall–Kier alpha value is -2.42. The first kappa shape index (κ1) is 17.7. The fraction of sp³-hybridized carbons (Fsp3) is 0. The van der Waals surface area contributed by atoms with Gasteiger partial charge in [-0.3, -0.25) is 0 Å². The zero-order valence-electron chi connectivity index (χ0n) is 15.0. The minimum Gasteiger partial charge on any atom is -0.0616 e. The maximum absolute atomic E-state index is 3.81. The van der Waals surface area contributed by atoms with Crippen LogP contribution in [0.4, 0.5) is 0 Å². The summed E-state index contributed by atoms with van der Waals surface area (Å²) in [6, 6.07) is 34.6. The smallest absolute Gasteiger partial charge is 0.0260 e. The van der Waals surface area contributed by atoms with E-state index in [1.165, 1.54) is 43.8 Å². The van der Waals surface area contributed by atoms with E-state index in [-0.39, 0.29) is 0 Å². The molecule has 0 amide bonds. The predicted octanol–water partition coefficient (Wildman–Crippen LogP) is 8.85. The third-order valence-electron chi connectivity index (χ3n) is 5.18. The van der Waals surface area contributed by atoms with Crippen molar-refractivity contribution in [2.24, 2.45) is 0 Å². The lowest BCUT2D eigenvalue weighted by molar-refractivity contribution is 1.55. The number of rotatable bonds is 2. The van der Waals surface area contributed by atoms with Crippen molar-refractivity contribution in [2.75, 3.05) is 0 Å². The molecule has 0 saturated carbocycles. The third-order valence-corrected chi connectivity index (χ3v) is 6.49. The highest BCUT2D eigenvalue weighted by molar-refractivity contribution is 9.11. The van der Waals surface area contributed by atoms with Crippen molar-refractivity contribution in [3.8, 4) is 22.3 Å². The molecule has 0 fully saturated rings. The van der Waals surface area contributed by atoms with Gasteiger partial charge in [-0.15, -0.1) is 0 Å². The van der Waals surface area contributed by atoms with E-state index < -0.39 is 0 Å². The molecule has 0 spiro atoms. The number of hydrogen-bond acceptors (Lipinski definition) is 0. The Morgan fingerprint density at radius 2 is 0.786 bits per heavy atom. The minimum absolute atomic E-state index is 1.09. The zero-order chi connectivity index (χ0) is 19.1. The van der Waals surface area contributed by atoms with Crippen LogP contribution in [-0.2, 0) is 0 Å². The standard InChI is InChI=1S/C26H16Br2/c27-25-16-24(22-12-10-18-6-2-4-8-20(18)14-22)26(28)15-23(25)21-11-9-17-5-1-3-7-19(17)13-21/h1-16H. The Labute approximate surface area is 181 Å². The molecule has 0 N–H and O–H groups in total. The summed E-state index contributed by atoms with van der Waals surface area (Å²) in [4.78, 5) is 0. The summed E-state index contributed by atoms with van der Waals surface area (Å²) in [7, 11) is 0. The molecule has 5 rings (SSSR count). The van der Waals surface area contributed by atoms with Crippen LogP contribution in [-0.4, -0.2) is 0 Å². The van der Waals surface area contributed by atoms with E-state index in [0.29, 0.717) is 0 Å². The maximum atomic E-state index is 3.81. The molecule has 0 radical (unpaired) electrons. The molecule has 0 aliphatic heterocycles. The van der Waals surface area contributed by atoms with E-state index in [1.807, 2.05) is 0 Å². The first-order chi connectivity index (χ1) is 13.7. The van der Waals surface area contributed by atoms with Gasteiger partial charge in [0.25, 0.3) is 0 Å². The van der Waals surface area contributed by atoms with Gasteiger partial charge in [0, 0.05) is 8.95 Å². The molecule has 5 aromatic rings. The Morgan fingerprint density at radius 1 is 0.393 bits per heavy atom. The van der Waals surface area contributed by atoms with Crippen molar-refractivity contribution in [3.63, 3.8) is 0 Å². The Balaban J connectivity index is 1.62. The molecule has 0 heterocycles. The molecule has 5 aromatic carbocycles. The van der Waals surface area contributed by atoms with Crippen molar-refractivity contribution >= 4 is 53.4 Å². The molecule has 134 valence electrons. The number of halogens is 2. The van der Waals surface area contributed by atoms with E-state index in [1.54, 1.807) is 0 Å². The van der Waals surface area contributed by atoms with Crippen LogP contribution in [0, 0.1) is 0 Å². The van der Waals surface area contributed by atoms with Gasteiger partial charge in [0.15, 0.2) is 0 Å². The van der Waals surface area contributed by atoms with Crippen LogP contribution in [0.2, 0.25) is 0 Å². The lowest BCUT2D eigenvalue weighted by atomic mass is 9.97. The van der Waals surface area contributed by atoms with Gasteiger partial charge in [-0.2, -0.15) is 0 Å². The molecular formula is C26H16Br2. The highest BCUT2D eigenvalue weighted by Gasteiger charge is 2.11. The lowest BCUT2D eigenvalue weighted by Gasteiger charge is -2.12. The Kier molecular flexibility index (Phi) is 4.54. The highest BCUT2D eigenvalue weighted by atomic mass is 79.9. The molecule has 2 heteroatoms. The van der Waals surface area contributed by atoms with Gasteiger partial charge in [-0.05, 0) is 68.1 Å². The van der Waals surface area contributed by atoms with Crippen molar-refractivity contribution in [1.82, 2.24) is 0 Å². The molecule has 0 aliphatic carbocycles. The minimum atomic E-state index is 1.09. The molecule has 0 unspecified atom stereocenters. The largest absolute Gasteiger partial charge is 0.0616 e. The second-order valence-electron chi connectivity index (χ2n) is 6.94. The van der Waals surface area contributed by atoms with Crippen LogP contribution >= 0.6 is 31.9 Å². The van der Waals surface area contributed by atoms with E-state index in [4.69, 9.17) is 0 Å². The van der Waals surface area contributed by atoms with Gasteiger partial charge >= 0.3 is 0 Å². The Morgan fingerprint density at radius 3 is 1.21 bits per heavy atom. The van der Waals surface area contributed by atoms with E-state index in [9.17, 15) is 0 Å². The van der Waals surface area contributed by atoms with Gasteiger partial charge in [0.1, 0.15) is 0 Å². The second-order valence-corrected chi connectivity index (χ2v) is 8.64. The molecule has 28 heavy (non-hydrogen) atoms. The van der Waals surface area contributed by atoms with Crippen LogP contribution in [0.5, 0.6) is 0 Å². The second kappa shape index (κ2) is 7.20. The maximum Gasteiger partial charge on any atom is 0.0260 e. The molecular weight excluding hydrogens is 472 g/mol. The summed E-state index contributed by atoms with van der Waals surface area (Å²) in [5, 5.41) is 5.02. The molecule has 0 bridgehead atoms. The highest BCUT2D eigenvalue weighted by Crippen LogP contribution is 2.39. The molecule has 0 nitrogen and oxygen atoms in total. The number of benzene rings is 5. The van der Waals surface area contributed by atoms with Crippen LogP contribution in [0.15, 0.2) is 106 Å². The monoisotopic (exact) mass is 486 g/mol. The van der Waals surface area contributed by atoms with E-state index in [2.05, 4.69) is 129 Å². The van der Waals surface area contributed by atoms with Crippen molar-refractivity contribution in [2.45, 2.75) is 0 Å². The van der Waals surface area contributed by atoms with Crippen molar-refractivity contribution < 1.29 is 0 Å². The van der Waals surface area contributed by atoms with Crippen LogP contribution < -0.4 is 0 Å². The van der Waals surface area contributed by atoms with E-state index in [0.717, 1.165) is 8.95 Å². The van der Waals surface area contributed by atoms with Crippen LogP contribution in [0.3, 0.4) is 0 Å². The fourth-order valence-corrected chi connectivity index (χ4v) is 4.85. The number of fused-ring (bicyclic) bond motifs is 2. The van der Waals surface area contributed by atoms with Gasteiger partial charge in [0.05, 0.1) is 0 Å². The molecule has 0 aromatic heterocycles. The van der Waals surface area contributed by atoms with Gasteiger partial charge < -0.3 is 0 Å². The quantitative estimate of drug-likeness (QED) is 0.233. The van der Waals surface area contributed by atoms with Gasteiger partial charge in [0.2, 0.25) is 0 Å². The number of hydrogen-bond donors (Lipinski definition) is 0. The van der Waals surface area contributed by atoms with Crippen LogP contribution in [0.1, 0.15) is 0 Å². The Bertz CT molecular complexity index is 1230. The SMILES string of the molecule is Brc1cc(-c2ccc3ccccc3c2)c(Br)cc1-c1ccc2ccccc2c1. The molecule has 0 atom stereocenters. The average Bonchev–Trinajstić information content (AvgIpc) is 2.74. The normalized spacial score (nSPS) is 11.2. The average molecular weight is 488 g/mol. The van der Waals surface area contributed by atoms with Crippen molar-refractivity contribution in [1.29, 1.82) is 0 Å². The zero-order valence-corrected chi connectivity index (χ0v) is 18.2. The summed E-state index contributed by atoms with van der Waals surface area (Å²) in [5.74, 6) is 0. The summed E-state index contributed by atoms with van der Waals surface area (Å²) in [6.45, 7) is 0. The summed E-state index contributed by atoms with van der Waals surface area (Å²) < 4.78 is 2.18. The van der Waals surface area contributed by atoms with Crippen LogP contribution in [0.25, 0.3) is 43.8 Å².